The molecule has 1 fully saturated rings. The van der Waals surface area contributed by atoms with Crippen LogP contribution in [0.25, 0.3) is 0 Å². The minimum absolute atomic E-state index is 0.387. The van der Waals surface area contributed by atoms with E-state index in [4.69, 9.17) is 20.5 Å². The molecule has 0 aliphatic carbocycles. The highest BCUT2D eigenvalue weighted by atomic mass is 16.5. The third kappa shape index (κ3) is 4.90. The zero-order valence-corrected chi connectivity index (χ0v) is 15.0. The third-order valence-electron chi connectivity index (χ3n) is 4.29. The van der Waals surface area contributed by atoms with E-state index < -0.39 is 5.91 Å². The fourth-order valence-electron chi connectivity index (χ4n) is 2.92. The number of nitrogens with two attached hydrogens (primary N) is 1. The molecule has 7 heteroatoms. The second-order valence-corrected chi connectivity index (χ2v) is 6.11. The fourth-order valence-corrected chi connectivity index (χ4v) is 2.92. The van der Waals surface area contributed by atoms with Crippen LogP contribution in [-0.2, 0) is 4.74 Å². The van der Waals surface area contributed by atoms with Crippen LogP contribution in [0.5, 0.6) is 5.75 Å². The second-order valence-electron chi connectivity index (χ2n) is 6.11. The minimum atomic E-state index is -0.477. The van der Waals surface area contributed by atoms with Crippen LogP contribution in [0, 0.1) is 11.3 Å². The maximum atomic E-state index is 11.9. The van der Waals surface area contributed by atoms with E-state index in [-0.39, 0.29) is 0 Å². The summed E-state index contributed by atoms with van der Waals surface area (Å²) in [6.07, 6.45) is 0. The normalized spacial score (nSPS) is 13.7. The maximum absolute atomic E-state index is 11.9. The van der Waals surface area contributed by atoms with Crippen LogP contribution < -0.4 is 20.7 Å². The highest BCUT2D eigenvalue weighted by Crippen LogP contribution is 2.24. The Kier molecular flexibility index (Phi) is 6.13. The molecule has 0 spiro atoms. The number of primary amides is 1. The quantitative estimate of drug-likeness (QED) is 0.727. The largest absolute Gasteiger partial charge is 0.492 e. The zero-order valence-electron chi connectivity index (χ0n) is 15.0. The number of hydrogen-bond donors (Lipinski definition) is 2. The Bertz CT molecular complexity index is 841. The van der Waals surface area contributed by atoms with Crippen molar-refractivity contribution in [3.05, 3.63) is 53.6 Å². The number of hydrogen-bond acceptors (Lipinski definition) is 6. The van der Waals surface area contributed by atoms with Crippen molar-refractivity contribution in [3.8, 4) is 11.8 Å². The SMILES string of the molecule is N#Cc1cccc(OCCNc2ccc(N3CCOCC3)cc2C(N)=O)c1. The van der Waals surface area contributed by atoms with E-state index in [1.807, 2.05) is 18.2 Å². The van der Waals surface area contributed by atoms with Gasteiger partial charge in [0, 0.05) is 31.0 Å². The van der Waals surface area contributed by atoms with Gasteiger partial charge in [-0.1, -0.05) is 6.07 Å². The predicted molar refractivity (Wildman–Crippen MR) is 103 cm³/mol. The highest BCUT2D eigenvalue weighted by molar-refractivity contribution is 5.99. The number of benzene rings is 2. The van der Waals surface area contributed by atoms with Gasteiger partial charge in [-0.25, -0.2) is 0 Å². The molecule has 0 atom stereocenters. The van der Waals surface area contributed by atoms with Crippen LogP contribution in [0.2, 0.25) is 0 Å². The highest BCUT2D eigenvalue weighted by Gasteiger charge is 2.15. The number of carbonyl (C=O) groups is 1. The summed E-state index contributed by atoms with van der Waals surface area (Å²) in [6, 6.07) is 14.7. The molecule has 0 saturated carbocycles. The van der Waals surface area contributed by atoms with Crippen LogP contribution in [0.4, 0.5) is 11.4 Å². The van der Waals surface area contributed by atoms with Gasteiger partial charge in [0.25, 0.3) is 5.91 Å². The molecule has 1 heterocycles. The molecule has 0 radical (unpaired) electrons. The first-order valence-corrected chi connectivity index (χ1v) is 8.81. The van der Waals surface area contributed by atoms with E-state index in [1.54, 1.807) is 24.3 Å². The van der Waals surface area contributed by atoms with Crippen LogP contribution in [0.15, 0.2) is 42.5 Å². The minimum Gasteiger partial charge on any atom is -0.492 e. The number of nitriles is 1. The molecule has 1 aliphatic heterocycles. The van der Waals surface area contributed by atoms with E-state index in [1.165, 1.54) is 0 Å². The van der Waals surface area contributed by atoms with Crippen LogP contribution >= 0.6 is 0 Å². The maximum Gasteiger partial charge on any atom is 0.250 e. The van der Waals surface area contributed by atoms with Crippen molar-refractivity contribution in [3.63, 3.8) is 0 Å². The van der Waals surface area contributed by atoms with E-state index in [9.17, 15) is 4.79 Å². The summed E-state index contributed by atoms with van der Waals surface area (Å²) in [4.78, 5) is 14.0. The summed E-state index contributed by atoms with van der Waals surface area (Å²) in [7, 11) is 0. The molecule has 7 nitrogen and oxygen atoms in total. The van der Waals surface area contributed by atoms with Crippen molar-refractivity contribution < 1.29 is 14.3 Å². The van der Waals surface area contributed by atoms with Crippen molar-refractivity contribution >= 4 is 17.3 Å². The van der Waals surface area contributed by atoms with Crippen molar-refractivity contribution in [2.75, 3.05) is 49.7 Å². The molecule has 1 aliphatic rings. The summed E-state index contributed by atoms with van der Waals surface area (Å²) in [6.45, 7) is 3.82. The Morgan fingerprint density at radius 2 is 2.07 bits per heavy atom. The lowest BCUT2D eigenvalue weighted by Gasteiger charge is -2.29. The lowest BCUT2D eigenvalue weighted by molar-refractivity contribution is 0.100. The first-order chi connectivity index (χ1) is 13.2. The Hall–Kier alpha value is -3.24. The number of nitrogens with zero attached hydrogens (tertiary/aromatic N) is 2. The van der Waals surface area contributed by atoms with Gasteiger partial charge in [0.1, 0.15) is 12.4 Å². The molecule has 2 aromatic rings. The van der Waals surface area contributed by atoms with Crippen molar-refractivity contribution in [1.29, 1.82) is 5.26 Å². The average molecular weight is 366 g/mol. The summed E-state index contributed by atoms with van der Waals surface area (Å²) >= 11 is 0. The lowest BCUT2D eigenvalue weighted by atomic mass is 10.1. The zero-order chi connectivity index (χ0) is 19.1. The molecule has 2 aromatic carbocycles. The number of carbonyl (C=O) groups excluding carboxylic acids is 1. The first kappa shape index (κ1) is 18.5. The molecule has 1 amide bonds. The molecule has 0 unspecified atom stereocenters. The summed E-state index contributed by atoms with van der Waals surface area (Å²) < 4.78 is 11.0. The Labute approximate surface area is 158 Å². The molecular formula is C20H22N4O3. The number of ether oxygens (including phenoxy) is 2. The van der Waals surface area contributed by atoms with Gasteiger partial charge in [-0.05, 0) is 36.4 Å². The van der Waals surface area contributed by atoms with Crippen LogP contribution in [0.1, 0.15) is 15.9 Å². The Morgan fingerprint density at radius 3 is 2.81 bits per heavy atom. The van der Waals surface area contributed by atoms with Gasteiger partial charge >= 0.3 is 0 Å². The summed E-state index contributed by atoms with van der Waals surface area (Å²) in [5, 5.41) is 12.1. The van der Waals surface area contributed by atoms with Crippen molar-refractivity contribution in [2.24, 2.45) is 5.73 Å². The number of rotatable bonds is 7. The van der Waals surface area contributed by atoms with E-state index in [0.717, 1.165) is 18.8 Å². The standard InChI is InChI=1S/C20H22N4O3/c21-14-15-2-1-3-17(12-15)27-9-6-23-19-5-4-16(13-18(19)20(22)25)24-7-10-26-11-8-24/h1-5,12-13,23H,6-11H2,(H2,22,25). The average Bonchev–Trinajstić information content (AvgIpc) is 2.72. The van der Waals surface area contributed by atoms with E-state index in [2.05, 4.69) is 16.3 Å². The molecule has 27 heavy (non-hydrogen) atoms. The molecule has 3 rings (SSSR count). The van der Waals surface area contributed by atoms with Crippen molar-refractivity contribution in [2.45, 2.75) is 0 Å². The Morgan fingerprint density at radius 1 is 1.26 bits per heavy atom. The van der Waals surface area contributed by atoms with Gasteiger partial charge in [-0.2, -0.15) is 5.26 Å². The number of nitrogens with one attached hydrogen (secondary N) is 1. The first-order valence-electron chi connectivity index (χ1n) is 8.81. The molecule has 3 N–H and O–H groups in total. The Balaban J connectivity index is 1.60. The lowest BCUT2D eigenvalue weighted by Crippen LogP contribution is -2.36. The summed E-state index contributed by atoms with van der Waals surface area (Å²) in [5.41, 5.74) is 8.19. The van der Waals surface area contributed by atoms with Gasteiger partial charge < -0.3 is 25.4 Å². The molecule has 140 valence electrons. The third-order valence-corrected chi connectivity index (χ3v) is 4.29. The number of amides is 1. The fraction of sp³-hybridized carbons (Fsp3) is 0.300. The van der Waals surface area contributed by atoms with Crippen LogP contribution in [0.3, 0.4) is 0 Å². The summed E-state index contributed by atoms with van der Waals surface area (Å²) in [5.74, 6) is 0.156. The molecule has 1 saturated heterocycles. The van der Waals surface area contributed by atoms with E-state index in [0.29, 0.717) is 48.9 Å². The monoisotopic (exact) mass is 366 g/mol. The van der Waals surface area contributed by atoms with Crippen molar-refractivity contribution in [1.82, 2.24) is 0 Å². The van der Waals surface area contributed by atoms with Gasteiger partial charge in [-0.15, -0.1) is 0 Å². The number of morpholine rings is 1. The topological polar surface area (TPSA) is 101 Å². The van der Waals surface area contributed by atoms with E-state index >= 15 is 0 Å². The second kappa shape index (κ2) is 8.92. The van der Waals surface area contributed by atoms with Gasteiger partial charge in [0.15, 0.2) is 0 Å². The molecule has 0 aromatic heterocycles. The van der Waals surface area contributed by atoms with Gasteiger partial charge in [0.2, 0.25) is 0 Å². The number of anilines is 2. The van der Waals surface area contributed by atoms with Gasteiger partial charge in [0.05, 0.1) is 30.4 Å². The molecular weight excluding hydrogens is 344 g/mol. The van der Waals surface area contributed by atoms with Gasteiger partial charge in [-0.3, -0.25) is 4.79 Å². The smallest absolute Gasteiger partial charge is 0.250 e. The predicted octanol–water partition coefficient (Wildman–Crippen LogP) is 1.98. The molecule has 0 bridgehead atoms. The van der Waals surface area contributed by atoms with Crippen LogP contribution in [-0.4, -0.2) is 45.4 Å².